The Hall–Kier alpha value is -1.68. The van der Waals surface area contributed by atoms with Gasteiger partial charge in [0.1, 0.15) is 6.61 Å². The molecule has 1 aromatic carbocycles. The van der Waals surface area contributed by atoms with Gasteiger partial charge in [-0.25, -0.2) is 0 Å². The van der Waals surface area contributed by atoms with Crippen molar-refractivity contribution in [1.82, 2.24) is 5.06 Å². The summed E-state index contributed by atoms with van der Waals surface area (Å²) in [6.07, 6.45) is 0.258. The number of fused-ring (bicyclic) bond motifs is 1. The number of hydrogen-bond acceptors (Lipinski definition) is 3. The average molecular weight is 205 g/mol. The maximum absolute atomic E-state index is 11.8. The topological polar surface area (TPSA) is 46.6 Å². The number of rotatable bonds is 1. The zero-order valence-electron chi connectivity index (χ0n) is 8.40. The van der Waals surface area contributed by atoms with Gasteiger partial charge in [0.15, 0.2) is 0 Å². The molecule has 0 N–H and O–H groups in total. The molecule has 0 aromatic heterocycles. The first kappa shape index (κ1) is 9.86. The van der Waals surface area contributed by atoms with Gasteiger partial charge in [0.05, 0.1) is 0 Å². The Labute approximate surface area is 87.4 Å². The smallest absolute Gasteiger partial charge is 0.272 e. The highest BCUT2D eigenvalue weighted by Gasteiger charge is 2.28. The van der Waals surface area contributed by atoms with E-state index in [1.807, 2.05) is 12.1 Å². The molecule has 0 fully saturated rings. The maximum Gasteiger partial charge on any atom is 0.285 e. The van der Waals surface area contributed by atoms with Crippen molar-refractivity contribution >= 4 is 11.8 Å². The van der Waals surface area contributed by atoms with Gasteiger partial charge >= 0.3 is 0 Å². The fourth-order valence-electron chi connectivity index (χ4n) is 1.49. The van der Waals surface area contributed by atoms with E-state index in [1.165, 1.54) is 0 Å². The number of imide groups is 1. The SMILES string of the molecule is CCC(=O)N1OCc2ccccc2C1=O. The molecule has 0 spiro atoms. The Morgan fingerprint density at radius 1 is 1.47 bits per heavy atom. The summed E-state index contributed by atoms with van der Waals surface area (Å²) in [4.78, 5) is 28.3. The third-order valence-electron chi connectivity index (χ3n) is 2.31. The molecular weight excluding hydrogens is 194 g/mol. The quantitative estimate of drug-likeness (QED) is 0.698. The minimum Gasteiger partial charge on any atom is -0.272 e. The predicted octanol–water partition coefficient (Wildman–Crippen LogP) is 1.51. The van der Waals surface area contributed by atoms with Crippen LogP contribution in [0.1, 0.15) is 29.3 Å². The van der Waals surface area contributed by atoms with E-state index in [9.17, 15) is 9.59 Å². The summed E-state index contributed by atoms with van der Waals surface area (Å²) in [5, 5.41) is 0.850. The highest BCUT2D eigenvalue weighted by Crippen LogP contribution is 2.19. The Balaban J connectivity index is 2.34. The highest BCUT2D eigenvalue weighted by molar-refractivity contribution is 6.04. The molecule has 78 valence electrons. The van der Waals surface area contributed by atoms with Gasteiger partial charge in [0.2, 0.25) is 0 Å². The predicted molar refractivity (Wildman–Crippen MR) is 52.7 cm³/mol. The molecule has 15 heavy (non-hydrogen) atoms. The lowest BCUT2D eigenvalue weighted by molar-refractivity contribution is -0.175. The second-order valence-corrected chi connectivity index (χ2v) is 3.28. The van der Waals surface area contributed by atoms with E-state index in [2.05, 4.69) is 0 Å². The largest absolute Gasteiger partial charge is 0.285 e. The Morgan fingerprint density at radius 2 is 2.20 bits per heavy atom. The summed E-state index contributed by atoms with van der Waals surface area (Å²) < 4.78 is 0. The van der Waals surface area contributed by atoms with Gasteiger partial charge in [0, 0.05) is 12.0 Å². The molecule has 2 amide bonds. The van der Waals surface area contributed by atoms with Crippen molar-refractivity contribution in [3.63, 3.8) is 0 Å². The van der Waals surface area contributed by atoms with Crippen LogP contribution >= 0.6 is 0 Å². The first-order valence-corrected chi connectivity index (χ1v) is 4.82. The molecule has 1 aliphatic heterocycles. The fraction of sp³-hybridized carbons (Fsp3) is 0.273. The lowest BCUT2D eigenvalue weighted by Crippen LogP contribution is -2.39. The fourth-order valence-corrected chi connectivity index (χ4v) is 1.49. The highest BCUT2D eigenvalue weighted by atomic mass is 16.7. The van der Waals surface area contributed by atoms with Crippen LogP contribution in [0.15, 0.2) is 24.3 Å². The number of benzene rings is 1. The lowest BCUT2D eigenvalue weighted by Gasteiger charge is -2.25. The average Bonchev–Trinajstić information content (AvgIpc) is 2.29. The Morgan fingerprint density at radius 3 is 2.93 bits per heavy atom. The van der Waals surface area contributed by atoms with Gasteiger partial charge in [-0.3, -0.25) is 14.4 Å². The molecule has 0 radical (unpaired) electrons. The van der Waals surface area contributed by atoms with Gasteiger partial charge in [0.25, 0.3) is 11.8 Å². The molecule has 1 aliphatic rings. The van der Waals surface area contributed by atoms with E-state index in [0.29, 0.717) is 5.56 Å². The van der Waals surface area contributed by atoms with Gasteiger partial charge in [-0.15, -0.1) is 5.06 Å². The van der Waals surface area contributed by atoms with Gasteiger partial charge in [-0.05, 0) is 11.6 Å². The van der Waals surface area contributed by atoms with E-state index in [0.717, 1.165) is 10.6 Å². The number of carbonyl (C=O) groups excluding carboxylic acids is 2. The van der Waals surface area contributed by atoms with E-state index in [4.69, 9.17) is 4.84 Å². The third kappa shape index (κ3) is 1.64. The van der Waals surface area contributed by atoms with Gasteiger partial charge in [-0.1, -0.05) is 25.1 Å². The molecule has 0 atom stereocenters. The second-order valence-electron chi connectivity index (χ2n) is 3.28. The van der Waals surface area contributed by atoms with Crippen LogP contribution in [0.4, 0.5) is 0 Å². The molecule has 1 heterocycles. The summed E-state index contributed by atoms with van der Waals surface area (Å²) in [6.45, 7) is 1.97. The van der Waals surface area contributed by atoms with Crippen molar-refractivity contribution in [3.05, 3.63) is 35.4 Å². The van der Waals surface area contributed by atoms with Crippen LogP contribution in [0.3, 0.4) is 0 Å². The van der Waals surface area contributed by atoms with E-state index in [1.54, 1.807) is 19.1 Å². The summed E-state index contributed by atoms with van der Waals surface area (Å²) in [5.74, 6) is -0.682. The standard InChI is InChI=1S/C11H11NO3/c1-2-10(13)12-11(14)9-6-4-3-5-8(9)7-15-12/h3-6H,2,7H2,1H3. The number of amides is 2. The van der Waals surface area contributed by atoms with E-state index < -0.39 is 0 Å². The van der Waals surface area contributed by atoms with Crippen LogP contribution in [0, 0.1) is 0 Å². The number of nitrogens with zero attached hydrogens (tertiary/aromatic N) is 1. The van der Waals surface area contributed by atoms with Crippen molar-refractivity contribution in [3.8, 4) is 0 Å². The zero-order valence-corrected chi connectivity index (χ0v) is 8.40. The molecule has 0 unspecified atom stereocenters. The number of hydroxylamine groups is 2. The van der Waals surface area contributed by atoms with Crippen LogP contribution in [-0.4, -0.2) is 16.9 Å². The summed E-state index contributed by atoms with van der Waals surface area (Å²) in [7, 11) is 0. The van der Waals surface area contributed by atoms with Crippen LogP contribution in [0.5, 0.6) is 0 Å². The molecule has 0 bridgehead atoms. The van der Waals surface area contributed by atoms with Crippen molar-refractivity contribution in [2.24, 2.45) is 0 Å². The molecular formula is C11H11NO3. The minimum absolute atomic E-state index is 0.258. The molecule has 0 aliphatic carbocycles. The molecule has 0 saturated carbocycles. The molecule has 4 heteroatoms. The monoisotopic (exact) mass is 205 g/mol. The number of carbonyl (C=O) groups is 2. The van der Waals surface area contributed by atoms with Crippen molar-refractivity contribution in [1.29, 1.82) is 0 Å². The Bertz CT molecular complexity index is 414. The molecule has 2 rings (SSSR count). The Kier molecular flexibility index (Phi) is 2.51. The minimum atomic E-state index is -0.372. The summed E-state index contributed by atoms with van der Waals surface area (Å²) >= 11 is 0. The van der Waals surface area contributed by atoms with Crippen molar-refractivity contribution in [2.45, 2.75) is 20.0 Å². The second kappa shape index (κ2) is 3.82. The molecule has 1 aromatic rings. The molecule has 0 saturated heterocycles. The molecule has 4 nitrogen and oxygen atoms in total. The van der Waals surface area contributed by atoms with Crippen LogP contribution in [-0.2, 0) is 16.2 Å². The van der Waals surface area contributed by atoms with Crippen LogP contribution < -0.4 is 0 Å². The summed E-state index contributed by atoms with van der Waals surface area (Å²) in [5.41, 5.74) is 1.37. The van der Waals surface area contributed by atoms with Gasteiger partial charge < -0.3 is 0 Å². The summed E-state index contributed by atoms with van der Waals surface area (Å²) in [6, 6.07) is 7.14. The van der Waals surface area contributed by atoms with Crippen LogP contribution in [0.25, 0.3) is 0 Å². The van der Waals surface area contributed by atoms with Gasteiger partial charge in [-0.2, -0.15) is 0 Å². The van der Waals surface area contributed by atoms with Crippen LogP contribution in [0.2, 0.25) is 0 Å². The first-order valence-electron chi connectivity index (χ1n) is 4.82. The first-order chi connectivity index (χ1) is 7.24. The van der Waals surface area contributed by atoms with E-state index in [-0.39, 0.29) is 24.8 Å². The normalized spacial score (nSPS) is 15.0. The lowest BCUT2D eigenvalue weighted by atomic mass is 10.1. The number of hydrogen-bond donors (Lipinski definition) is 0. The van der Waals surface area contributed by atoms with Crippen molar-refractivity contribution in [2.75, 3.05) is 0 Å². The maximum atomic E-state index is 11.8. The van der Waals surface area contributed by atoms with Crippen molar-refractivity contribution < 1.29 is 14.4 Å². The third-order valence-corrected chi connectivity index (χ3v) is 2.31. The zero-order chi connectivity index (χ0) is 10.8. The van der Waals surface area contributed by atoms with E-state index >= 15 is 0 Å².